The molecule has 0 saturated heterocycles. The van der Waals surface area contributed by atoms with Crippen molar-refractivity contribution in [2.24, 2.45) is 0 Å². The molecule has 100 valence electrons. The molecule has 4 nitrogen and oxygen atoms in total. The molecular weight excluding hydrogens is 297 g/mol. The van der Waals surface area contributed by atoms with Crippen molar-refractivity contribution in [2.45, 2.75) is 6.92 Å². The van der Waals surface area contributed by atoms with E-state index in [-0.39, 0.29) is 5.56 Å². The van der Waals surface area contributed by atoms with Crippen LogP contribution >= 0.6 is 23.2 Å². The highest BCUT2D eigenvalue weighted by atomic mass is 35.5. The van der Waals surface area contributed by atoms with Gasteiger partial charge >= 0.3 is 0 Å². The summed E-state index contributed by atoms with van der Waals surface area (Å²) in [6.45, 7) is 1.76. The fourth-order valence-corrected chi connectivity index (χ4v) is 2.62. The molecule has 3 rings (SSSR count). The van der Waals surface area contributed by atoms with Crippen molar-refractivity contribution in [3.05, 3.63) is 56.7 Å². The van der Waals surface area contributed by atoms with E-state index in [1.165, 1.54) is 0 Å². The molecule has 0 aliphatic carbocycles. The van der Waals surface area contributed by atoms with E-state index in [9.17, 15) is 4.79 Å². The minimum absolute atomic E-state index is 0.286. The van der Waals surface area contributed by atoms with Crippen molar-refractivity contribution in [3.8, 4) is 11.1 Å². The lowest BCUT2D eigenvalue weighted by Gasteiger charge is -2.07. The number of H-pyrrole nitrogens is 1. The van der Waals surface area contributed by atoms with Gasteiger partial charge in [0.15, 0.2) is 0 Å². The number of nitrogens with zero attached hydrogens (tertiary/aromatic N) is 2. The number of nitrogens with one attached hydrogen (secondary N) is 1. The topological polar surface area (TPSA) is 58.6 Å². The van der Waals surface area contributed by atoms with Crippen LogP contribution in [0.25, 0.3) is 22.2 Å². The standard InChI is InChI=1S/C14H9Cl2N3O/c1-7-17-6-8-5-9(14(20)19-13(8)18-7)12-10(15)3-2-4-11(12)16/h2-6H,1H3,(H,17,18,19,20). The second-order valence-electron chi connectivity index (χ2n) is 4.33. The number of hydrogen-bond acceptors (Lipinski definition) is 3. The van der Waals surface area contributed by atoms with Gasteiger partial charge in [-0.2, -0.15) is 0 Å². The molecule has 0 unspecified atom stereocenters. The molecule has 0 aliphatic heterocycles. The number of aromatic nitrogens is 3. The number of fused-ring (bicyclic) bond motifs is 1. The van der Waals surface area contributed by atoms with E-state index in [2.05, 4.69) is 15.0 Å². The summed E-state index contributed by atoms with van der Waals surface area (Å²) < 4.78 is 0. The van der Waals surface area contributed by atoms with Crippen LogP contribution in [0.15, 0.2) is 35.3 Å². The fourth-order valence-electron chi connectivity index (χ4n) is 2.02. The highest BCUT2D eigenvalue weighted by Gasteiger charge is 2.13. The molecule has 3 aromatic rings. The Kier molecular flexibility index (Phi) is 3.20. The van der Waals surface area contributed by atoms with Gasteiger partial charge in [-0.15, -0.1) is 0 Å². The Morgan fingerprint density at radius 2 is 1.90 bits per heavy atom. The average Bonchev–Trinajstić information content (AvgIpc) is 2.39. The van der Waals surface area contributed by atoms with E-state index in [1.807, 2.05) is 0 Å². The maximum absolute atomic E-state index is 12.2. The molecule has 1 N–H and O–H groups in total. The maximum atomic E-state index is 12.2. The van der Waals surface area contributed by atoms with Gasteiger partial charge in [-0.05, 0) is 25.1 Å². The Morgan fingerprint density at radius 3 is 2.60 bits per heavy atom. The van der Waals surface area contributed by atoms with Gasteiger partial charge in [0, 0.05) is 17.1 Å². The van der Waals surface area contributed by atoms with Crippen LogP contribution in [0.1, 0.15) is 5.82 Å². The van der Waals surface area contributed by atoms with Crippen molar-refractivity contribution in [1.82, 2.24) is 15.0 Å². The van der Waals surface area contributed by atoms with Gasteiger partial charge in [-0.25, -0.2) is 9.97 Å². The molecule has 0 atom stereocenters. The summed E-state index contributed by atoms with van der Waals surface area (Å²) in [4.78, 5) is 23.2. The molecule has 2 heterocycles. The van der Waals surface area contributed by atoms with Crippen molar-refractivity contribution >= 4 is 34.2 Å². The van der Waals surface area contributed by atoms with Crippen LogP contribution in [-0.4, -0.2) is 15.0 Å². The Bertz CT molecular complexity index is 854. The molecule has 0 spiro atoms. The molecule has 0 amide bonds. The number of hydrogen-bond donors (Lipinski definition) is 1. The molecule has 0 fully saturated rings. The fraction of sp³-hybridized carbons (Fsp3) is 0.0714. The van der Waals surface area contributed by atoms with Gasteiger partial charge in [-0.3, -0.25) is 4.79 Å². The minimum atomic E-state index is -0.286. The van der Waals surface area contributed by atoms with E-state index in [0.29, 0.717) is 32.6 Å². The monoisotopic (exact) mass is 305 g/mol. The van der Waals surface area contributed by atoms with Crippen LogP contribution in [0, 0.1) is 6.92 Å². The first-order valence-corrected chi connectivity index (χ1v) is 6.63. The van der Waals surface area contributed by atoms with Crippen LogP contribution < -0.4 is 5.56 Å². The Morgan fingerprint density at radius 1 is 1.20 bits per heavy atom. The summed E-state index contributed by atoms with van der Waals surface area (Å²) in [7, 11) is 0. The van der Waals surface area contributed by atoms with Crippen molar-refractivity contribution in [1.29, 1.82) is 0 Å². The molecular formula is C14H9Cl2N3O. The average molecular weight is 306 g/mol. The molecule has 0 aliphatic rings. The molecule has 2 aromatic heterocycles. The third kappa shape index (κ3) is 2.17. The van der Waals surface area contributed by atoms with Crippen LogP contribution in [0.4, 0.5) is 0 Å². The molecule has 6 heteroatoms. The van der Waals surface area contributed by atoms with Gasteiger partial charge in [0.25, 0.3) is 5.56 Å². The van der Waals surface area contributed by atoms with Gasteiger partial charge in [-0.1, -0.05) is 29.3 Å². The van der Waals surface area contributed by atoms with E-state index in [1.54, 1.807) is 37.4 Å². The Balaban J connectivity index is 2.35. The summed E-state index contributed by atoms with van der Waals surface area (Å²) in [6, 6.07) is 6.81. The zero-order chi connectivity index (χ0) is 14.3. The zero-order valence-electron chi connectivity index (χ0n) is 10.4. The number of pyridine rings is 1. The molecule has 1 aromatic carbocycles. The lowest BCUT2D eigenvalue weighted by molar-refractivity contribution is 1.07. The van der Waals surface area contributed by atoms with E-state index in [0.717, 1.165) is 5.39 Å². The Hall–Kier alpha value is -1.91. The van der Waals surface area contributed by atoms with Crippen LogP contribution in [0.2, 0.25) is 10.0 Å². The molecule has 0 bridgehead atoms. The Labute approximate surface area is 124 Å². The first-order chi connectivity index (χ1) is 9.56. The highest BCUT2D eigenvalue weighted by molar-refractivity contribution is 6.39. The number of aryl methyl sites for hydroxylation is 1. The first-order valence-electron chi connectivity index (χ1n) is 5.87. The summed E-state index contributed by atoms with van der Waals surface area (Å²) in [5.74, 6) is 0.594. The smallest absolute Gasteiger partial charge is 0.257 e. The summed E-state index contributed by atoms with van der Waals surface area (Å²) in [6.07, 6.45) is 1.65. The SMILES string of the molecule is Cc1ncc2cc(-c3c(Cl)cccc3Cl)c(=O)[nH]c2n1. The van der Waals surface area contributed by atoms with Crippen molar-refractivity contribution in [2.75, 3.05) is 0 Å². The van der Waals surface area contributed by atoms with Gasteiger partial charge in [0.1, 0.15) is 11.5 Å². The molecule has 0 saturated carbocycles. The summed E-state index contributed by atoms with van der Waals surface area (Å²) >= 11 is 12.3. The van der Waals surface area contributed by atoms with E-state index in [4.69, 9.17) is 23.2 Å². The van der Waals surface area contributed by atoms with E-state index < -0.39 is 0 Å². The van der Waals surface area contributed by atoms with Crippen LogP contribution in [-0.2, 0) is 0 Å². The first kappa shape index (κ1) is 13.1. The summed E-state index contributed by atoms with van der Waals surface area (Å²) in [5.41, 5.74) is 1.13. The van der Waals surface area contributed by atoms with Crippen molar-refractivity contribution in [3.63, 3.8) is 0 Å². The van der Waals surface area contributed by atoms with Crippen molar-refractivity contribution < 1.29 is 0 Å². The predicted molar refractivity (Wildman–Crippen MR) is 80.4 cm³/mol. The number of benzene rings is 1. The molecule has 0 radical (unpaired) electrons. The normalized spacial score (nSPS) is 10.9. The van der Waals surface area contributed by atoms with Crippen LogP contribution in [0.5, 0.6) is 0 Å². The lowest BCUT2D eigenvalue weighted by atomic mass is 10.1. The predicted octanol–water partition coefficient (Wildman–Crippen LogP) is 3.60. The van der Waals surface area contributed by atoms with Crippen LogP contribution in [0.3, 0.4) is 0 Å². The number of halogens is 2. The zero-order valence-corrected chi connectivity index (χ0v) is 12.0. The summed E-state index contributed by atoms with van der Waals surface area (Å²) in [5, 5.41) is 1.58. The van der Waals surface area contributed by atoms with E-state index >= 15 is 0 Å². The second-order valence-corrected chi connectivity index (χ2v) is 5.14. The van der Waals surface area contributed by atoms with Gasteiger partial charge in [0.05, 0.1) is 15.6 Å². The highest BCUT2D eigenvalue weighted by Crippen LogP contribution is 2.33. The maximum Gasteiger partial charge on any atom is 0.257 e. The minimum Gasteiger partial charge on any atom is -0.306 e. The third-order valence-electron chi connectivity index (χ3n) is 2.95. The van der Waals surface area contributed by atoms with Gasteiger partial charge in [0.2, 0.25) is 0 Å². The quantitative estimate of drug-likeness (QED) is 0.747. The number of aromatic amines is 1. The number of rotatable bonds is 1. The second kappa shape index (κ2) is 4.89. The molecule has 20 heavy (non-hydrogen) atoms. The largest absolute Gasteiger partial charge is 0.306 e. The third-order valence-corrected chi connectivity index (χ3v) is 3.58. The lowest BCUT2D eigenvalue weighted by Crippen LogP contribution is -2.10. The van der Waals surface area contributed by atoms with Gasteiger partial charge < -0.3 is 4.98 Å².